The number of nitrogens with zero attached hydrogens (tertiary/aromatic N) is 3. The first kappa shape index (κ1) is 28.3. The number of likely N-dealkylation sites (tertiary alicyclic amines) is 1. The van der Waals surface area contributed by atoms with Crippen LogP contribution in [0.15, 0.2) is 24.3 Å². The molecule has 2 aromatic carbocycles. The van der Waals surface area contributed by atoms with Crippen molar-refractivity contribution in [1.29, 1.82) is 0 Å². The summed E-state index contributed by atoms with van der Waals surface area (Å²) in [7, 11) is 0. The van der Waals surface area contributed by atoms with E-state index >= 15 is 0 Å². The van der Waals surface area contributed by atoms with Crippen LogP contribution in [-0.4, -0.2) is 39.2 Å². The molecular formula is C31H42ClN3O3. The van der Waals surface area contributed by atoms with E-state index in [-0.39, 0.29) is 6.09 Å². The Balaban J connectivity index is 1.46. The van der Waals surface area contributed by atoms with Gasteiger partial charge >= 0.3 is 6.09 Å². The number of hydrogen-bond acceptors (Lipinski definition) is 4. The molecule has 7 heteroatoms. The van der Waals surface area contributed by atoms with Crippen LogP contribution in [0.5, 0.6) is 5.75 Å². The second-order valence-corrected chi connectivity index (χ2v) is 12.1. The van der Waals surface area contributed by atoms with Gasteiger partial charge in [-0.3, -0.25) is 0 Å². The molecule has 1 aliphatic heterocycles. The highest BCUT2D eigenvalue weighted by Crippen LogP contribution is 2.31. The zero-order chi connectivity index (χ0) is 27.6. The Morgan fingerprint density at radius 2 is 1.63 bits per heavy atom. The highest BCUT2D eigenvalue weighted by Gasteiger charge is 2.27. The third-order valence-corrected chi connectivity index (χ3v) is 8.14. The predicted octanol–water partition coefficient (Wildman–Crippen LogP) is 7.93. The monoisotopic (exact) mass is 539 g/mol. The maximum absolute atomic E-state index is 12.4. The lowest BCUT2D eigenvalue weighted by atomic mass is 9.92. The number of rotatable bonds is 7. The first-order valence-electron chi connectivity index (χ1n) is 13.8. The number of hydrogen-bond donors (Lipinski definition) is 0. The van der Waals surface area contributed by atoms with Crippen molar-refractivity contribution in [3.63, 3.8) is 0 Å². The van der Waals surface area contributed by atoms with E-state index in [2.05, 4.69) is 32.3 Å². The molecule has 206 valence electrons. The number of carbonyl (C=O) groups is 1. The largest absolute Gasteiger partial charge is 0.486 e. The number of benzene rings is 2. The predicted molar refractivity (Wildman–Crippen MR) is 154 cm³/mol. The number of fused-ring (bicyclic) bond motifs is 1. The summed E-state index contributed by atoms with van der Waals surface area (Å²) in [4.78, 5) is 19.4. The van der Waals surface area contributed by atoms with E-state index in [0.717, 1.165) is 62.4 Å². The maximum Gasteiger partial charge on any atom is 0.410 e. The fourth-order valence-electron chi connectivity index (χ4n) is 5.36. The van der Waals surface area contributed by atoms with E-state index in [0.29, 0.717) is 17.5 Å². The van der Waals surface area contributed by atoms with E-state index in [1.54, 1.807) is 0 Å². The van der Waals surface area contributed by atoms with E-state index in [1.165, 1.54) is 27.8 Å². The molecule has 0 saturated carbocycles. The molecule has 0 aliphatic carbocycles. The highest BCUT2D eigenvalue weighted by molar-refractivity contribution is 6.30. The quantitative estimate of drug-likeness (QED) is 0.306. The first-order valence-corrected chi connectivity index (χ1v) is 14.1. The third kappa shape index (κ3) is 6.45. The van der Waals surface area contributed by atoms with Gasteiger partial charge < -0.3 is 18.9 Å². The number of aromatic nitrogens is 2. The summed E-state index contributed by atoms with van der Waals surface area (Å²) in [6.45, 7) is 17.3. The maximum atomic E-state index is 12.4. The smallest absolute Gasteiger partial charge is 0.410 e. The van der Waals surface area contributed by atoms with Crippen LogP contribution in [0.2, 0.25) is 5.02 Å². The second-order valence-electron chi connectivity index (χ2n) is 11.7. The lowest BCUT2D eigenvalue weighted by molar-refractivity contribution is 0.0180. The minimum absolute atomic E-state index is 0.192. The summed E-state index contributed by atoms with van der Waals surface area (Å²) < 4.78 is 14.1. The van der Waals surface area contributed by atoms with Gasteiger partial charge in [-0.2, -0.15) is 0 Å². The van der Waals surface area contributed by atoms with Crippen LogP contribution in [0.25, 0.3) is 11.0 Å². The highest BCUT2D eigenvalue weighted by atomic mass is 35.5. The topological polar surface area (TPSA) is 56.6 Å². The summed E-state index contributed by atoms with van der Waals surface area (Å²) >= 11 is 6.04. The Hall–Kier alpha value is -2.73. The number of halogens is 1. The van der Waals surface area contributed by atoms with Crippen LogP contribution in [0.3, 0.4) is 0 Å². The van der Waals surface area contributed by atoms with Gasteiger partial charge in [0.15, 0.2) is 0 Å². The summed E-state index contributed by atoms with van der Waals surface area (Å²) in [6, 6.07) is 7.47. The van der Waals surface area contributed by atoms with Crippen LogP contribution in [0.4, 0.5) is 4.79 Å². The molecule has 1 aromatic heterocycles. The minimum atomic E-state index is -0.454. The molecule has 38 heavy (non-hydrogen) atoms. The molecule has 0 radical (unpaired) electrons. The van der Waals surface area contributed by atoms with Gasteiger partial charge in [-0.25, -0.2) is 9.78 Å². The van der Waals surface area contributed by atoms with Gasteiger partial charge in [-0.05, 0) is 127 Å². The molecule has 4 rings (SSSR count). The fraction of sp³-hybridized carbons (Fsp3) is 0.548. The van der Waals surface area contributed by atoms with Crippen LogP contribution in [0, 0.1) is 33.6 Å². The van der Waals surface area contributed by atoms with Gasteiger partial charge in [0.25, 0.3) is 0 Å². The number of amides is 1. The SMILES string of the molecule is Cc1c(C)c(C)c2c(nc(COc3ccc(Cl)cc3)n2CCCC2CCN(C(=O)OC(C)(C)C)CC2)c1C. The van der Waals surface area contributed by atoms with Crippen molar-refractivity contribution in [3.05, 3.63) is 57.4 Å². The molecule has 0 bridgehead atoms. The average molecular weight is 540 g/mol. The van der Waals surface area contributed by atoms with Gasteiger partial charge in [0, 0.05) is 24.7 Å². The van der Waals surface area contributed by atoms with Gasteiger partial charge in [-0.15, -0.1) is 0 Å². The Morgan fingerprint density at radius 1 is 1.00 bits per heavy atom. The molecule has 0 unspecified atom stereocenters. The Labute approximate surface area is 232 Å². The average Bonchev–Trinajstić information content (AvgIpc) is 3.23. The van der Waals surface area contributed by atoms with Crippen LogP contribution < -0.4 is 4.74 Å². The number of piperidine rings is 1. The number of imidazole rings is 1. The van der Waals surface area contributed by atoms with Gasteiger partial charge in [-0.1, -0.05) is 11.6 Å². The Bertz CT molecular complexity index is 1280. The molecule has 1 amide bonds. The van der Waals surface area contributed by atoms with Gasteiger partial charge in [0.05, 0.1) is 11.0 Å². The standard InChI is InChI=1S/C31H42ClN3O3/c1-20-21(2)23(4)29-28(22(20)3)33-27(19-37-26-12-10-25(32)11-13-26)35(29)16-8-9-24-14-17-34(18-15-24)30(36)38-31(5,6)7/h10-13,24H,8-9,14-19H2,1-7H3. The fourth-order valence-corrected chi connectivity index (χ4v) is 5.48. The van der Waals surface area contributed by atoms with Crippen molar-refractivity contribution in [2.45, 2.75) is 92.9 Å². The molecular weight excluding hydrogens is 498 g/mol. The van der Waals surface area contributed by atoms with Crippen molar-refractivity contribution < 1.29 is 14.3 Å². The zero-order valence-corrected chi connectivity index (χ0v) is 24.7. The van der Waals surface area contributed by atoms with E-state index in [1.807, 2.05) is 49.9 Å². The third-order valence-electron chi connectivity index (χ3n) is 7.89. The summed E-state index contributed by atoms with van der Waals surface area (Å²) in [5, 5.41) is 0.693. The molecule has 1 saturated heterocycles. The molecule has 0 spiro atoms. The van der Waals surface area contributed by atoms with Crippen LogP contribution in [0.1, 0.15) is 74.5 Å². The zero-order valence-electron chi connectivity index (χ0n) is 24.0. The van der Waals surface area contributed by atoms with Crippen molar-refractivity contribution in [1.82, 2.24) is 14.5 Å². The summed E-state index contributed by atoms with van der Waals surface area (Å²) in [5.74, 6) is 2.35. The van der Waals surface area contributed by atoms with Crippen LogP contribution >= 0.6 is 11.6 Å². The number of ether oxygens (including phenoxy) is 2. The normalized spacial score (nSPS) is 14.8. The summed E-state index contributed by atoms with van der Waals surface area (Å²) in [5.41, 5.74) is 7.01. The molecule has 1 fully saturated rings. The van der Waals surface area contributed by atoms with Crippen molar-refractivity contribution in [2.24, 2.45) is 5.92 Å². The molecule has 1 aliphatic rings. The molecule has 0 N–H and O–H groups in total. The van der Waals surface area contributed by atoms with Gasteiger partial charge in [0.1, 0.15) is 23.8 Å². The van der Waals surface area contributed by atoms with E-state index in [9.17, 15) is 4.79 Å². The molecule has 6 nitrogen and oxygen atoms in total. The van der Waals surface area contributed by atoms with Crippen molar-refractivity contribution >= 4 is 28.7 Å². The first-order chi connectivity index (χ1) is 17.9. The van der Waals surface area contributed by atoms with Crippen LogP contribution in [-0.2, 0) is 17.9 Å². The molecule has 2 heterocycles. The lowest BCUT2D eigenvalue weighted by Gasteiger charge is -2.33. The van der Waals surface area contributed by atoms with Crippen molar-refractivity contribution in [3.8, 4) is 5.75 Å². The van der Waals surface area contributed by atoms with Crippen molar-refractivity contribution in [2.75, 3.05) is 13.1 Å². The number of aryl methyl sites for hydroxylation is 3. The Kier molecular flexibility index (Phi) is 8.61. The Morgan fingerprint density at radius 3 is 2.26 bits per heavy atom. The van der Waals surface area contributed by atoms with E-state index in [4.69, 9.17) is 26.1 Å². The second kappa shape index (κ2) is 11.6. The minimum Gasteiger partial charge on any atom is -0.486 e. The summed E-state index contributed by atoms with van der Waals surface area (Å²) in [6.07, 6.45) is 4.03. The lowest BCUT2D eigenvalue weighted by Crippen LogP contribution is -2.41. The number of carbonyl (C=O) groups excluding carboxylic acids is 1. The molecule has 0 atom stereocenters. The van der Waals surface area contributed by atoms with E-state index < -0.39 is 5.60 Å². The molecule has 3 aromatic rings. The van der Waals surface area contributed by atoms with Gasteiger partial charge in [0.2, 0.25) is 0 Å².